The van der Waals surface area contributed by atoms with E-state index in [0.717, 1.165) is 12.0 Å². The van der Waals surface area contributed by atoms with E-state index in [1.807, 2.05) is 6.07 Å². The lowest BCUT2D eigenvalue weighted by Crippen LogP contribution is -2.43. The number of carbonyl (C=O) groups is 1. The highest BCUT2D eigenvalue weighted by molar-refractivity contribution is 5.94. The number of ether oxygens (including phenoxy) is 4. The van der Waals surface area contributed by atoms with Crippen LogP contribution in [0.5, 0.6) is 11.5 Å². The Bertz CT molecular complexity index is 1140. The summed E-state index contributed by atoms with van der Waals surface area (Å²) in [5.74, 6) is -0.466. The summed E-state index contributed by atoms with van der Waals surface area (Å²) in [4.78, 5) is 24.8. The first-order valence-electron chi connectivity index (χ1n) is 11.1. The first-order chi connectivity index (χ1) is 15.7. The van der Waals surface area contributed by atoms with Crippen molar-refractivity contribution in [3.8, 4) is 22.8 Å². The molecule has 3 heterocycles. The van der Waals surface area contributed by atoms with Crippen LogP contribution in [-0.2, 0) is 9.47 Å². The molecule has 1 fully saturated rings. The molecule has 7 nitrogen and oxygen atoms in total. The molecule has 33 heavy (non-hydrogen) atoms. The molecule has 1 aromatic heterocycles. The van der Waals surface area contributed by atoms with Crippen LogP contribution in [0.2, 0.25) is 0 Å². The summed E-state index contributed by atoms with van der Waals surface area (Å²) in [6, 6.07) is 3.20. The van der Waals surface area contributed by atoms with Gasteiger partial charge in [0.15, 0.2) is 23.1 Å². The summed E-state index contributed by atoms with van der Waals surface area (Å²) < 4.78 is 40.1. The summed E-state index contributed by atoms with van der Waals surface area (Å²) >= 11 is 0. The molecule has 2 aliphatic heterocycles. The third kappa shape index (κ3) is 3.95. The quantitative estimate of drug-likeness (QED) is 0.453. The fourth-order valence-corrected chi connectivity index (χ4v) is 4.88. The van der Waals surface area contributed by atoms with Gasteiger partial charge in [-0.3, -0.25) is 9.59 Å². The van der Waals surface area contributed by atoms with Crippen molar-refractivity contribution in [3.05, 3.63) is 45.5 Å². The maximum atomic E-state index is 15.6. The van der Waals surface area contributed by atoms with E-state index < -0.39 is 23.1 Å². The van der Waals surface area contributed by atoms with Crippen molar-refractivity contribution in [2.24, 2.45) is 5.41 Å². The second-order valence-electron chi connectivity index (χ2n) is 9.26. The molecule has 1 saturated heterocycles. The third-order valence-corrected chi connectivity index (χ3v) is 6.64. The van der Waals surface area contributed by atoms with Crippen molar-refractivity contribution >= 4 is 5.78 Å². The highest BCUT2D eigenvalue weighted by Crippen LogP contribution is 2.56. The van der Waals surface area contributed by atoms with Crippen molar-refractivity contribution in [3.63, 3.8) is 0 Å². The average Bonchev–Trinajstić information content (AvgIpc) is 2.77. The van der Waals surface area contributed by atoms with E-state index in [9.17, 15) is 9.59 Å². The normalized spacial score (nSPS) is 20.4. The second-order valence-corrected chi connectivity index (χ2v) is 9.26. The number of fused-ring (bicyclic) bond motifs is 6. The van der Waals surface area contributed by atoms with Gasteiger partial charge in [0.05, 0.1) is 31.0 Å². The van der Waals surface area contributed by atoms with E-state index in [1.54, 1.807) is 17.7 Å². The zero-order valence-corrected chi connectivity index (χ0v) is 19.7. The van der Waals surface area contributed by atoms with Crippen molar-refractivity contribution in [1.29, 1.82) is 0 Å². The summed E-state index contributed by atoms with van der Waals surface area (Å²) in [6.45, 7) is 7.00. The molecule has 0 spiro atoms. The number of hydrogen-bond acceptors (Lipinski definition) is 6. The molecule has 2 aliphatic rings. The standard InChI is InChI=1S/C25H30FNO6/c1-14(28)17-13-27-21(20(26)22(17)29)15-11-18(31-5)19(32-9-6-8-30-4)12-16(15)23-24(27)25(2,3)7-10-33-23/h11-13,23-24H,6-10H2,1-5H3/t23-,24+/m1/s1. The molecule has 0 radical (unpaired) electrons. The molecule has 2 aromatic rings. The number of aromatic nitrogens is 1. The Balaban J connectivity index is 1.95. The molecule has 8 heteroatoms. The zero-order valence-electron chi connectivity index (χ0n) is 19.7. The van der Waals surface area contributed by atoms with Gasteiger partial charge in [-0.25, -0.2) is 4.39 Å². The highest BCUT2D eigenvalue weighted by Gasteiger charge is 2.47. The van der Waals surface area contributed by atoms with Crippen LogP contribution in [-0.4, -0.2) is 44.4 Å². The lowest BCUT2D eigenvalue weighted by atomic mass is 9.72. The Morgan fingerprint density at radius 3 is 2.67 bits per heavy atom. The van der Waals surface area contributed by atoms with Gasteiger partial charge in [-0.1, -0.05) is 13.8 Å². The molecule has 178 valence electrons. The number of nitrogens with zero attached hydrogens (tertiary/aromatic N) is 1. The van der Waals surface area contributed by atoms with Gasteiger partial charge in [0.1, 0.15) is 6.10 Å². The minimum Gasteiger partial charge on any atom is -0.493 e. The molecule has 0 saturated carbocycles. The van der Waals surface area contributed by atoms with Crippen LogP contribution in [0.15, 0.2) is 23.1 Å². The van der Waals surface area contributed by atoms with E-state index in [2.05, 4.69) is 13.8 Å². The number of rotatable bonds is 7. The first kappa shape index (κ1) is 23.4. The van der Waals surface area contributed by atoms with Gasteiger partial charge in [0, 0.05) is 38.5 Å². The smallest absolute Gasteiger partial charge is 0.228 e. The molecule has 0 amide bonds. The van der Waals surface area contributed by atoms with Gasteiger partial charge in [-0.2, -0.15) is 0 Å². The number of Topliss-reactive ketones (excluding diaryl/α,β-unsaturated/α-hetero) is 1. The molecule has 0 unspecified atom stereocenters. The highest BCUT2D eigenvalue weighted by atomic mass is 19.1. The Hall–Kier alpha value is -2.71. The summed E-state index contributed by atoms with van der Waals surface area (Å²) in [7, 11) is 3.14. The molecule has 0 aliphatic carbocycles. The Morgan fingerprint density at radius 1 is 1.24 bits per heavy atom. The monoisotopic (exact) mass is 459 g/mol. The molecule has 0 N–H and O–H groups in total. The van der Waals surface area contributed by atoms with Gasteiger partial charge in [0.25, 0.3) is 0 Å². The molecule has 1 aromatic carbocycles. The number of methoxy groups -OCH3 is 2. The molecule has 0 bridgehead atoms. The number of benzene rings is 1. The van der Waals surface area contributed by atoms with Crippen molar-refractivity contribution in [2.75, 3.05) is 34.0 Å². The van der Waals surface area contributed by atoms with E-state index >= 15 is 4.39 Å². The molecule has 2 atom stereocenters. The van der Waals surface area contributed by atoms with E-state index in [1.165, 1.54) is 20.2 Å². The predicted octanol–water partition coefficient (Wildman–Crippen LogP) is 4.32. The van der Waals surface area contributed by atoms with Crippen LogP contribution >= 0.6 is 0 Å². The Labute approximate surface area is 192 Å². The summed E-state index contributed by atoms with van der Waals surface area (Å²) in [5, 5.41) is 0. The minimum atomic E-state index is -0.945. The van der Waals surface area contributed by atoms with E-state index in [0.29, 0.717) is 43.3 Å². The number of hydrogen-bond donors (Lipinski definition) is 0. The maximum Gasteiger partial charge on any atom is 0.228 e. The van der Waals surface area contributed by atoms with Crippen molar-refractivity contribution < 1.29 is 28.1 Å². The van der Waals surface area contributed by atoms with Gasteiger partial charge in [-0.05, 0) is 36.5 Å². The Kier molecular flexibility index (Phi) is 6.33. The van der Waals surface area contributed by atoms with Crippen LogP contribution in [0.3, 0.4) is 0 Å². The number of carbonyl (C=O) groups excluding carboxylic acids is 1. The maximum absolute atomic E-state index is 15.6. The van der Waals surface area contributed by atoms with E-state index in [4.69, 9.17) is 18.9 Å². The van der Waals surface area contributed by atoms with Gasteiger partial charge in [0.2, 0.25) is 5.43 Å². The number of pyridine rings is 1. The van der Waals surface area contributed by atoms with Gasteiger partial charge in [-0.15, -0.1) is 0 Å². The predicted molar refractivity (Wildman–Crippen MR) is 121 cm³/mol. The number of halogens is 1. The molecular formula is C25H30FNO6. The average molecular weight is 460 g/mol. The lowest BCUT2D eigenvalue weighted by molar-refractivity contribution is -0.0859. The van der Waals surface area contributed by atoms with Gasteiger partial charge < -0.3 is 23.5 Å². The van der Waals surface area contributed by atoms with Crippen LogP contribution in [0.4, 0.5) is 4.39 Å². The fourth-order valence-electron chi connectivity index (χ4n) is 4.88. The van der Waals surface area contributed by atoms with Crippen LogP contribution in [0.25, 0.3) is 11.3 Å². The Morgan fingerprint density at radius 2 is 2.00 bits per heavy atom. The van der Waals surface area contributed by atoms with Gasteiger partial charge >= 0.3 is 0 Å². The van der Waals surface area contributed by atoms with Crippen LogP contribution in [0.1, 0.15) is 61.7 Å². The fraction of sp³-hybridized carbons (Fsp3) is 0.520. The van der Waals surface area contributed by atoms with Crippen LogP contribution < -0.4 is 14.9 Å². The molecule has 4 rings (SSSR count). The second kappa shape index (κ2) is 8.91. The SMILES string of the molecule is COCCCOc1cc2c(cc1OC)-c1c(F)c(=O)c(C(C)=O)cn1[C@H]1[C@@H]2OCCC1(C)C. The largest absolute Gasteiger partial charge is 0.493 e. The van der Waals surface area contributed by atoms with E-state index in [-0.39, 0.29) is 22.7 Å². The lowest BCUT2D eigenvalue weighted by Gasteiger charge is -2.49. The molecular weight excluding hydrogens is 429 g/mol. The minimum absolute atomic E-state index is 0.143. The third-order valence-electron chi connectivity index (χ3n) is 6.64. The number of ketones is 1. The topological polar surface area (TPSA) is 76.0 Å². The zero-order chi connectivity index (χ0) is 23.9. The summed E-state index contributed by atoms with van der Waals surface area (Å²) in [6.07, 6.45) is 2.54. The van der Waals surface area contributed by atoms with Crippen LogP contribution in [0, 0.1) is 11.2 Å². The first-order valence-corrected chi connectivity index (χ1v) is 11.1. The summed E-state index contributed by atoms with van der Waals surface area (Å²) in [5.41, 5.74) is 0.0501. The van der Waals surface area contributed by atoms with Crippen molar-refractivity contribution in [1.82, 2.24) is 4.57 Å². The van der Waals surface area contributed by atoms with Crippen molar-refractivity contribution in [2.45, 2.75) is 45.8 Å².